The first kappa shape index (κ1) is 15.7. The minimum absolute atomic E-state index is 0.0202. The van der Waals surface area contributed by atoms with Gasteiger partial charge in [0.05, 0.1) is 10.7 Å². The third kappa shape index (κ3) is 3.27. The number of thiazole rings is 1. The molecule has 1 N–H and O–H groups in total. The number of hydrogen-bond donors (Lipinski definition) is 1. The van der Waals surface area contributed by atoms with Crippen LogP contribution < -0.4 is 4.90 Å². The molecule has 6 heteroatoms. The lowest BCUT2D eigenvalue weighted by Gasteiger charge is -2.17. The van der Waals surface area contributed by atoms with Crippen LogP contribution in [0.3, 0.4) is 0 Å². The highest BCUT2D eigenvalue weighted by atomic mass is 32.1. The fraction of sp³-hybridized carbons (Fsp3) is 0.353. The van der Waals surface area contributed by atoms with E-state index in [1.54, 1.807) is 22.3 Å². The van der Waals surface area contributed by atoms with E-state index < -0.39 is 11.9 Å². The van der Waals surface area contributed by atoms with E-state index in [-0.39, 0.29) is 12.5 Å². The fourth-order valence-electron chi connectivity index (χ4n) is 2.93. The molecule has 0 saturated heterocycles. The normalized spacial score (nSPS) is 16.4. The molecule has 2 heterocycles. The fourth-order valence-corrected chi connectivity index (χ4v) is 3.58. The van der Waals surface area contributed by atoms with E-state index in [9.17, 15) is 14.7 Å². The number of carbonyl (C=O) groups excluding carboxylic acids is 1. The number of aromatic nitrogens is 1. The summed E-state index contributed by atoms with van der Waals surface area (Å²) in [6.07, 6.45) is 1.89. The Morgan fingerprint density at radius 2 is 2.17 bits per heavy atom. The Labute approximate surface area is 138 Å². The summed E-state index contributed by atoms with van der Waals surface area (Å²) < 4.78 is 0. The summed E-state index contributed by atoms with van der Waals surface area (Å²) in [5.41, 5.74) is 2.48. The van der Waals surface area contributed by atoms with Crippen LogP contribution in [0, 0.1) is 6.92 Å². The van der Waals surface area contributed by atoms with Gasteiger partial charge in [-0.15, -0.1) is 11.3 Å². The van der Waals surface area contributed by atoms with Crippen molar-refractivity contribution in [2.75, 3.05) is 11.4 Å². The van der Waals surface area contributed by atoms with Gasteiger partial charge in [-0.2, -0.15) is 0 Å². The number of para-hydroxylation sites is 1. The van der Waals surface area contributed by atoms with Gasteiger partial charge in [-0.1, -0.05) is 18.2 Å². The first-order valence-electron chi connectivity index (χ1n) is 7.59. The standard InChI is InChI=1S/C17H18N2O3S/c1-11-18-12(10-23-11)5-4-8-16(20)19-9-14(17(21)22)13-6-2-3-7-15(13)19/h2-3,6-7,10,14H,4-5,8-9H2,1H3,(H,21,22). The van der Waals surface area contributed by atoms with Crippen LogP contribution in [0.2, 0.25) is 0 Å². The van der Waals surface area contributed by atoms with E-state index in [0.717, 1.165) is 34.8 Å². The van der Waals surface area contributed by atoms with Gasteiger partial charge >= 0.3 is 5.97 Å². The topological polar surface area (TPSA) is 70.5 Å². The van der Waals surface area contributed by atoms with Crippen molar-refractivity contribution in [1.29, 1.82) is 0 Å². The summed E-state index contributed by atoms with van der Waals surface area (Å²) in [7, 11) is 0. The Bertz CT molecular complexity index is 741. The van der Waals surface area contributed by atoms with E-state index in [1.165, 1.54) is 0 Å². The molecule has 3 rings (SSSR count). The molecule has 1 aliphatic heterocycles. The van der Waals surface area contributed by atoms with Crippen molar-refractivity contribution in [2.45, 2.75) is 32.1 Å². The zero-order valence-corrected chi connectivity index (χ0v) is 13.7. The monoisotopic (exact) mass is 330 g/mol. The van der Waals surface area contributed by atoms with Crippen LogP contribution in [0.25, 0.3) is 0 Å². The van der Waals surface area contributed by atoms with E-state index in [4.69, 9.17) is 0 Å². The molecule has 1 aromatic carbocycles. The Balaban J connectivity index is 1.65. The van der Waals surface area contributed by atoms with Gasteiger partial charge in [0.1, 0.15) is 5.92 Å². The summed E-state index contributed by atoms with van der Waals surface area (Å²) in [4.78, 5) is 29.9. The molecule has 23 heavy (non-hydrogen) atoms. The highest BCUT2D eigenvalue weighted by molar-refractivity contribution is 7.09. The zero-order valence-electron chi connectivity index (χ0n) is 12.9. The van der Waals surface area contributed by atoms with Crippen molar-refractivity contribution in [3.05, 3.63) is 45.9 Å². The highest BCUT2D eigenvalue weighted by Gasteiger charge is 2.35. The highest BCUT2D eigenvalue weighted by Crippen LogP contribution is 2.36. The van der Waals surface area contributed by atoms with Gasteiger partial charge in [0.25, 0.3) is 0 Å². The summed E-state index contributed by atoms with van der Waals surface area (Å²) in [6.45, 7) is 2.19. The molecule has 1 unspecified atom stereocenters. The molecule has 0 aliphatic carbocycles. The number of benzene rings is 1. The molecule has 1 aromatic heterocycles. The van der Waals surface area contributed by atoms with Crippen LogP contribution in [0.4, 0.5) is 5.69 Å². The quantitative estimate of drug-likeness (QED) is 0.915. The number of rotatable bonds is 5. The average molecular weight is 330 g/mol. The Morgan fingerprint density at radius 3 is 2.87 bits per heavy atom. The Morgan fingerprint density at radius 1 is 1.39 bits per heavy atom. The number of carboxylic acid groups (broad SMARTS) is 1. The average Bonchev–Trinajstić information content (AvgIpc) is 3.11. The lowest BCUT2D eigenvalue weighted by atomic mass is 10.0. The number of aliphatic carboxylic acids is 1. The molecule has 0 saturated carbocycles. The van der Waals surface area contributed by atoms with E-state index >= 15 is 0 Å². The maximum atomic E-state index is 12.5. The molecule has 120 valence electrons. The van der Waals surface area contributed by atoms with Gasteiger partial charge < -0.3 is 10.0 Å². The van der Waals surface area contributed by atoms with Crippen molar-refractivity contribution >= 4 is 28.9 Å². The SMILES string of the molecule is Cc1nc(CCCC(=O)N2CC(C(=O)O)c3ccccc32)cs1. The van der Waals surface area contributed by atoms with Crippen LogP contribution in [0.1, 0.15) is 35.0 Å². The first-order valence-corrected chi connectivity index (χ1v) is 8.47. The first-order chi connectivity index (χ1) is 11.1. The minimum Gasteiger partial charge on any atom is -0.481 e. The van der Waals surface area contributed by atoms with Crippen molar-refractivity contribution < 1.29 is 14.7 Å². The number of fused-ring (bicyclic) bond motifs is 1. The number of nitrogens with zero attached hydrogens (tertiary/aromatic N) is 2. The lowest BCUT2D eigenvalue weighted by Crippen LogP contribution is -2.31. The number of aryl methyl sites for hydroxylation is 2. The predicted molar refractivity (Wildman–Crippen MR) is 89.0 cm³/mol. The van der Waals surface area contributed by atoms with Gasteiger partial charge in [0.15, 0.2) is 0 Å². The second-order valence-electron chi connectivity index (χ2n) is 5.67. The third-order valence-corrected chi connectivity index (χ3v) is 4.88. The lowest BCUT2D eigenvalue weighted by molar-refractivity contribution is -0.138. The van der Waals surface area contributed by atoms with Crippen molar-refractivity contribution in [1.82, 2.24) is 4.98 Å². The molecule has 5 nitrogen and oxygen atoms in total. The second-order valence-corrected chi connectivity index (χ2v) is 6.73. The van der Waals surface area contributed by atoms with E-state index in [0.29, 0.717) is 6.42 Å². The summed E-state index contributed by atoms with van der Waals surface area (Å²) in [5.74, 6) is -1.53. The third-order valence-electron chi connectivity index (χ3n) is 4.06. The molecule has 1 aliphatic rings. The van der Waals surface area contributed by atoms with Crippen LogP contribution in [-0.4, -0.2) is 28.5 Å². The minimum atomic E-state index is -0.884. The van der Waals surface area contributed by atoms with Crippen LogP contribution >= 0.6 is 11.3 Å². The Kier molecular flexibility index (Phi) is 4.43. The maximum Gasteiger partial charge on any atom is 0.312 e. The zero-order chi connectivity index (χ0) is 16.4. The van der Waals surface area contributed by atoms with Crippen LogP contribution in [0.5, 0.6) is 0 Å². The largest absolute Gasteiger partial charge is 0.481 e. The van der Waals surface area contributed by atoms with Gasteiger partial charge in [0, 0.05) is 24.0 Å². The van der Waals surface area contributed by atoms with E-state index in [1.807, 2.05) is 30.5 Å². The number of carboxylic acids is 1. The van der Waals surface area contributed by atoms with E-state index in [2.05, 4.69) is 4.98 Å². The van der Waals surface area contributed by atoms with Gasteiger partial charge in [-0.05, 0) is 31.4 Å². The molecule has 2 aromatic rings. The molecular weight excluding hydrogens is 312 g/mol. The summed E-state index contributed by atoms with van der Waals surface area (Å²) in [6, 6.07) is 7.26. The van der Waals surface area contributed by atoms with Gasteiger partial charge in [-0.25, -0.2) is 4.98 Å². The molecule has 1 amide bonds. The smallest absolute Gasteiger partial charge is 0.312 e. The predicted octanol–water partition coefficient (Wildman–Crippen LogP) is 2.99. The summed E-state index contributed by atoms with van der Waals surface area (Å²) in [5, 5.41) is 12.4. The number of anilines is 1. The van der Waals surface area contributed by atoms with Gasteiger partial charge in [0.2, 0.25) is 5.91 Å². The number of carbonyl (C=O) groups is 2. The van der Waals surface area contributed by atoms with Crippen molar-refractivity contribution in [3.63, 3.8) is 0 Å². The number of hydrogen-bond acceptors (Lipinski definition) is 4. The molecule has 0 bridgehead atoms. The maximum absolute atomic E-state index is 12.5. The number of amides is 1. The van der Waals surface area contributed by atoms with Gasteiger partial charge in [-0.3, -0.25) is 9.59 Å². The van der Waals surface area contributed by atoms with Crippen LogP contribution in [-0.2, 0) is 16.0 Å². The van der Waals surface area contributed by atoms with Crippen LogP contribution in [0.15, 0.2) is 29.6 Å². The summed E-state index contributed by atoms with van der Waals surface area (Å²) >= 11 is 1.61. The Hall–Kier alpha value is -2.21. The molecular formula is C17H18N2O3S. The van der Waals surface area contributed by atoms with Crippen molar-refractivity contribution in [3.8, 4) is 0 Å². The molecule has 0 radical (unpaired) electrons. The van der Waals surface area contributed by atoms with Crippen molar-refractivity contribution in [2.24, 2.45) is 0 Å². The molecule has 0 fully saturated rings. The molecule has 1 atom stereocenters. The second kappa shape index (κ2) is 6.50. The molecule has 0 spiro atoms.